The Labute approximate surface area is 265 Å². The van der Waals surface area contributed by atoms with E-state index in [1.807, 2.05) is 42.5 Å². The molecule has 0 bridgehead atoms. The lowest BCUT2D eigenvalue weighted by atomic mass is 9.86. The van der Waals surface area contributed by atoms with E-state index < -0.39 is 15.8 Å². The average molecular weight is 631 g/mol. The van der Waals surface area contributed by atoms with Gasteiger partial charge in [-0.15, -0.1) is 0 Å². The summed E-state index contributed by atoms with van der Waals surface area (Å²) in [6.07, 6.45) is 1.76. The zero-order valence-electron chi connectivity index (χ0n) is 25.9. The van der Waals surface area contributed by atoms with Crippen LogP contribution in [0, 0.1) is 5.82 Å². The number of rotatable bonds is 12. The van der Waals surface area contributed by atoms with Crippen molar-refractivity contribution in [3.05, 3.63) is 119 Å². The molecule has 5 rings (SSSR count). The second-order valence-corrected chi connectivity index (χ2v) is 14.0. The third-order valence-corrected chi connectivity index (χ3v) is 9.11. The summed E-state index contributed by atoms with van der Waals surface area (Å²) in [5, 5.41) is 0. The van der Waals surface area contributed by atoms with Gasteiger partial charge < -0.3 is 14.4 Å². The third-order valence-electron chi connectivity index (χ3n) is 7.74. The van der Waals surface area contributed by atoms with E-state index >= 15 is 0 Å². The summed E-state index contributed by atoms with van der Waals surface area (Å²) >= 11 is 0. The van der Waals surface area contributed by atoms with Crippen LogP contribution in [0.3, 0.4) is 0 Å². The van der Waals surface area contributed by atoms with Crippen LogP contribution in [-0.2, 0) is 39.7 Å². The maximum absolute atomic E-state index is 14.9. The fourth-order valence-corrected chi connectivity index (χ4v) is 6.21. The number of para-hydroxylation sites is 1. The molecule has 1 aliphatic rings. The molecular formula is C36H39FN2O5S. The van der Waals surface area contributed by atoms with Crippen molar-refractivity contribution in [2.45, 2.75) is 63.4 Å². The van der Waals surface area contributed by atoms with Gasteiger partial charge in [0, 0.05) is 19.2 Å². The molecule has 0 radical (unpaired) electrons. The number of unbranched alkanes of at least 4 members (excludes halogenated alkanes) is 1. The standard InChI is InChI=1S/C36H39FN2O5S/c1-36(2,3)29-14-11-26(12-15-29)21-35(40)39-24-27-13-17-32(22-28(27)25-39)45(41,42)38-34-18-16-31(23-33(34)37)44-20-8-7-19-43-30-9-5-4-6-10-30/h4-6,9-18,22-23,38H,7-8,19-21,24-25H2,1-3H3. The number of sulfonamides is 1. The zero-order valence-corrected chi connectivity index (χ0v) is 26.7. The molecule has 9 heteroatoms. The highest BCUT2D eigenvalue weighted by Crippen LogP contribution is 2.29. The molecule has 0 atom stereocenters. The highest BCUT2D eigenvalue weighted by Gasteiger charge is 2.26. The quantitative estimate of drug-likeness (QED) is 0.167. The monoisotopic (exact) mass is 630 g/mol. The Morgan fingerprint density at radius 2 is 1.49 bits per heavy atom. The summed E-state index contributed by atoms with van der Waals surface area (Å²) in [7, 11) is -4.07. The maximum Gasteiger partial charge on any atom is 0.261 e. The minimum Gasteiger partial charge on any atom is -0.494 e. The van der Waals surface area contributed by atoms with E-state index in [0.29, 0.717) is 38.5 Å². The van der Waals surface area contributed by atoms with Gasteiger partial charge in [-0.2, -0.15) is 0 Å². The van der Waals surface area contributed by atoms with E-state index in [2.05, 4.69) is 37.6 Å². The smallest absolute Gasteiger partial charge is 0.261 e. The summed E-state index contributed by atoms with van der Waals surface area (Å²) in [4.78, 5) is 14.8. The minimum absolute atomic E-state index is 0.00534. The van der Waals surface area contributed by atoms with Gasteiger partial charge in [-0.3, -0.25) is 9.52 Å². The Morgan fingerprint density at radius 1 is 0.822 bits per heavy atom. The first kappa shape index (κ1) is 32.0. The van der Waals surface area contributed by atoms with E-state index in [9.17, 15) is 17.6 Å². The highest BCUT2D eigenvalue weighted by molar-refractivity contribution is 7.92. The van der Waals surface area contributed by atoms with Crippen LogP contribution in [0.15, 0.2) is 95.9 Å². The van der Waals surface area contributed by atoms with Gasteiger partial charge in [-0.25, -0.2) is 12.8 Å². The molecule has 0 aliphatic carbocycles. The van der Waals surface area contributed by atoms with Gasteiger partial charge in [0.1, 0.15) is 11.5 Å². The summed E-state index contributed by atoms with van der Waals surface area (Å²) < 4.78 is 54.8. The normalized spacial score (nSPS) is 12.9. The third kappa shape index (κ3) is 8.42. The molecule has 1 amide bonds. The fraction of sp³-hybridized carbons (Fsp3) is 0.306. The van der Waals surface area contributed by atoms with Crippen LogP contribution >= 0.6 is 0 Å². The molecular weight excluding hydrogens is 591 g/mol. The van der Waals surface area contributed by atoms with Crippen molar-refractivity contribution in [2.24, 2.45) is 0 Å². The number of halogens is 1. The number of ether oxygens (including phenoxy) is 2. The van der Waals surface area contributed by atoms with E-state index in [1.54, 1.807) is 17.0 Å². The Hall–Kier alpha value is -4.37. The molecule has 4 aromatic carbocycles. The number of hydrogen-bond acceptors (Lipinski definition) is 5. The molecule has 45 heavy (non-hydrogen) atoms. The molecule has 7 nitrogen and oxygen atoms in total. The molecule has 0 fully saturated rings. The summed E-state index contributed by atoms with van der Waals surface area (Å²) in [6, 6.07) is 26.4. The Kier molecular flexibility index (Phi) is 9.77. The lowest BCUT2D eigenvalue weighted by Crippen LogP contribution is -2.26. The summed E-state index contributed by atoms with van der Waals surface area (Å²) in [5.74, 6) is 0.357. The average Bonchev–Trinajstić information content (AvgIpc) is 3.45. The molecule has 1 N–H and O–H groups in total. The molecule has 0 unspecified atom stereocenters. The van der Waals surface area contributed by atoms with Gasteiger partial charge in [-0.1, -0.05) is 69.3 Å². The van der Waals surface area contributed by atoms with Gasteiger partial charge in [0.05, 0.1) is 30.2 Å². The number of benzene rings is 4. The van der Waals surface area contributed by atoms with Crippen LogP contribution in [0.5, 0.6) is 11.5 Å². The van der Waals surface area contributed by atoms with Gasteiger partial charge in [0.15, 0.2) is 5.82 Å². The first-order valence-electron chi connectivity index (χ1n) is 15.1. The Balaban J connectivity index is 1.12. The predicted octanol–water partition coefficient (Wildman–Crippen LogP) is 7.25. The van der Waals surface area contributed by atoms with Crippen LogP contribution in [0.1, 0.15) is 55.9 Å². The number of carbonyl (C=O) groups excluding carboxylic acids is 1. The summed E-state index contributed by atoms with van der Waals surface area (Å²) in [6.45, 7) is 8.09. The Bertz CT molecular complexity index is 1740. The van der Waals surface area contributed by atoms with Crippen LogP contribution in [0.25, 0.3) is 0 Å². The van der Waals surface area contributed by atoms with Crippen LogP contribution in [0.4, 0.5) is 10.1 Å². The van der Waals surface area contributed by atoms with E-state index in [0.717, 1.165) is 28.9 Å². The van der Waals surface area contributed by atoms with Crippen molar-refractivity contribution in [3.8, 4) is 11.5 Å². The predicted molar refractivity (Wildman–Crippen MR) is 173 cm³/mol. The van der Waals surface area contributed by atoms with Gasteiger partial charge in [0.2, 0.25) is 5.91 Å². The summed E-state index contributed by atoms with van der Waals surface area (Å²) in [5.41, 5.74) is 3.65. The lowest BCUT2D eigenvalue weighted by Gasteiger charge is -2.19. The van der Waals surface area contributed by atoms with Gasteiger partial charge in [-0.05, 0) is 76.9 Å². The van der Waals surface area contributed by atoms with Crippen molar-refractivity contribution in [3.63, 3.8) is 0 Å². The molecule has 0 saturated heterocycles. The second-order valence-electron chi connectivity index (χ2n) is 12.3. The van der Waals surface area contributed by atoms with E-state index in [4.69, 9.17) is 9.47 Å². The molecule has 4 aromatic rings. The first-order valence-corrected chi connectivity index (χ1v) is 16.6. The fourth-order valence-electron chi connectivity index (χ4n) is 5.10. The zero-order chi connectivity index (χ0) is 32.0. The van der Waals surface area contributed by atoms with Crippen molar-refractivity contribution in [1.29, 1.82) is 0 Å². The van der Waals surface area contributed by atoms with Crippen molar-refractivity contribution >= 4 is 21.6 Å². The Morgan fingerprint density at radius 3 is 2.16 bits per heavy atom. The first-order chi connectivity index (χ1) is 21.5. The van der Waals surface area contributed by atoms with Crippen LogP contribution in [-0.4, -0.2) is 32.4 Å². The van der Waals surface area contributed by atoms with E-state index in [-0.39, 0.29) is 28.3 Å². The number of anilines is 1. The van der Waals surface area contributed by atoms with E-state index in [1.165, 1.54) is 29.8 Å². The van der Waals surface area contributed by atoms with Crippen molar-refractivity contribution in [2.75, 3.05) is 17.9 Å². The number of amides is 1. The van der Waals surface area contributed by atoms with Gasteiger partial charge in [0.25, 0.3) is 10.0 Å². The minimum atomic E-state index is -4.07. The topological polar surface area (TPSA) is 84.9 Å². The molecule has 1 heterocycles. The SMILES string of the molecule is CC(C)(C)c1ccc(CC(=O)N2Cc3ccc(S(=O)(=O)Nc4ccc(OCCCCOc5ccccc5)cc4F)cc3C2)cc1. The molecule has 0 saturated carbocycles. The number of fused-ring (bicyclic) bond motifs is 1. The lowest BCUT2D eigenvalue weighted by molar-refractivity contribution is -0.131. The largest absolute Gasteiger partial charge is 0.494 e. The van der Waals surface area contributed by atoms with Gasteiger partial charge >= 0.3 is 0 Å². The number of nitrogens with one attached hydrogen (secondary N) is 1. The highest BCUT2D eigenvalue weighted by atomic mass is 32.2. The number of carbonyl (C=O) groups is 1. The van der Waals surface area contributed by atoms with Crippen molar-refractivity contribution < 1.29 is 27.1 Å². The van der Waals surface area contributed by atoms with Crippen molar-refractivity contribution in [1.82, 2.24) is 4.90 Å². The maximum atomic E-state index is 14.9. The van der Waals surface area contributed by atoms with Crippen LogP contribution in [0.2, 0.25) is 0 Å². The molecule has 0 aromatic heterocycles. The van der Waals surface area contributed by atoms with Crippen LogP contribution < -0.4 is 14.2 Å². The second kappa shape index (κ2) is 13.7. The number of nitrogens with zero attached hydrogens (tertiary/aromatic N) is 1. The molecule has 1 aliphatic heterocycles. The molecule has 236 valence electrons. The number of hydrogen-bond donors (Lipinski definition) is 1. The molecule has 0 spiro atoms.